The van der Waals surface area contributed by atoms with Crippen LogP contribution in [0.1, 0.15) is 46.5 Å². The van der Waals surface area contributed by atoms with Crippen LogP contribution in [0.4, 0.5) is 0 Å². The van der Waals surface area contributed by atoms with Gasteiger partial charge in [0.1, 0.15) is 0 Å². The molecule has 2 rings (SSSR count). The Hall–Kier alpha value is -0.590. The summed E-state index contributed by atoms with van der Waals surface area (Å²) in [6, 6.07) is 0. The van der Waals surface area contributed by atoms with Crippen LogP contribution in [0.15, 0.2) is 11.6 Å². The largest absolute Gasteiger partial charge is 0.295 e. The molecule has 0 radical (unpaired) electrons. The molecule has 2 aliphatic carbocycles. The van der Waals surface area contributed by atoms with Gasteiger partial charge in [-0.25, -0.2) is 0 Å². The van der Waals surface area contributed by atoms with Crippen LogP contribution in [0.25, 0.3) is 0 Å². The predicted molar refractivity (Wildman–Crippen MR) is 58.0 cm³/mol. The molecule has 1 unspecified atom stereocenters. The van der Waals surface area contributed by atoms with E-state index >= 15 is 0 Å². The second kappa shape index (κ2) is 3.22. The molecule has 0 bridgehead atoms. The van der Waals surface area contributed by atoms with Gasteiger partial charge in [0.15, 0.2) is 5.78 Å². The lowest BCUT2D eigenvalue weighted by atomic mass is 9.57. The van der Waals surface area contributed by atoms with Crippen molar-refractivity contribution in [3.63, 3.8) is 0 Å². The van der Waals surface area contributed by atoms with Crippen molar-refractivity contribution in [3.05, 3.63) is 11.6 Å². The molecule has 1 saturated carbocycles. The van der Waals surface area contributed by atoms with Gasteiger partial charge in [0.25, 0.3) is 0 Å². The number of fused-ring (bicyclic) bond motifs is 1. The van der Waals surface area contributed by atoms with E-state index in [1.54, 1.807) is 0 Å². The van der Waals surface area contributed by atoms with Gasteiger partial charge in [-0.1, -0.05) is 26.3 Å². The Morgan fingerprint density at radius 2 is 2.07 bits per heavy atom. The van der Waals surface area contributed by atoms with Crippen LogP contribution in [0.3, 0.4) is 0 Å². The van der Waals surface area contributed by atoms with Gasteiger partial charge in [0.05, 0.1) is 0 Å². The zero-order chi connectivity index (χ0) is 10.3. The Kier molecular flexibility index (Phi) is 2.29. The summed E-state index contributed by atoms with van der Waals surface area (Å²) < 4.78 is 0. The molecule has 0 aromatic rings. The minimum Gasteiger partial charge on any atom is -0.295 e. The number of allylic oxidation sites excluding steroid dienone is 2. The number of hydrogen-bond donors (Lipinski definition) is 0. The van der Waals surface area contributed by atoms with Gasteiger partial charge in [-0.05, 0) is 42.6 Å². The normalized spacial score (nSPS) is 43.1. The lowest BCUT2D eigenvalue weighted by molar-refractivity contribution is -0.116. The zero-order valence-corrected chi connectivity index (χ0v) is 9.47. The highest BCUT2D eigenvalue weighted by atomic mass is 16.1. The van der Waals surface area contributed by atoms with Crippen molar-refractivity contribution < 1.29 is 4.79 Å². The van der Waals surface area contributed by atoms with Crippen LogP contribution >= 0.6 is 0 Å². The Bertz CT molecular complexity index is 290. The summed E-state index contributed by atoms with van der Waals surface area (Å²) in [4.78, 5) is 11.4. The standard InChI is InChI=1S/C13H20O/c1-9-4-5-11-8-12(14)6-7-13(11,3)10(9)2/h8-10H,4-7H2,1-3H3/t9?,10-,13+/m0/s1. The smallest absolute Gasteiger partial charge is 0.155 e. The first-order chi connectivity index (χ1) is 6.54. The fraction of sp³-hybridized carbons (Fsp3) is 0.769. The van der Waals surface area contributed by atoms with Crippen molar-refractivity contribution in [3.8, 4) is 0 Å². The van der Waals surface area contributed by atoms with Crippen LogP contribution in [0.2, 0.25) is 0 Å². The van der Waals surface area contributed by atoms with E-state index < -0.39 is 0 Å². The molecule has 0 spiro atoms. The topological polar surface area (TPSA) is 17.1 Å². The molecule has 0 heterocycles. The van der Waals surface area contributed by atoms with Crippen LogP contribution in [-0.2, 0) is 4.79 Å². The molecular formula is C13H20O. The van der Waals surface area contributed by atoms with Crippen molar-refractivity contribution in [2.24, 2.45) is 17.3 Å². The molecule has 0 aromatic carbocycles. The summed E-state index contributed by atoms with van der Waals surface area (Å²) in [7, 11) is 0. The van der Waals surface area contributed by atoms with E-state index in [-0.39, 0.29) is 0 Å². The lowest BCUT2D eigenvalue weighted by Gasteiger charge is -2.47. The lowest BCUT2D eigenvalue weighted by Crippen LogP contribution is -2.38. The highest BCUT2D eigenvalue weighted by molar-refractivity contribution is 5.91. The molecule has 2 aliphatic rings. The van der Waals surface area contributed by atoms with Crippen LogP contribution in [0.5, 0.6) is 0 Å². The van der Waals surface area contributed by atoms with Gasteiger partial charge in [-0.3, -0.25) is 4.79 Å². The van der Waals surface area contributed by atoms with E-state index in [9.17, 15) is 4.79 Å². The molecule has 0 saturated heterocycles. The molecule has 78 valence electrons. The SMILES string of the molecule is CC1CCC2=CC(=O)CC[C@]2(C)[C@H]1C. The zero-order valence-electron chi connectivity index (χ0n) is 9.47. The van der Waals surface area contributed by atoms with Gasteiger partial charge in [-0.2, -0.15) is 0 Å². The second-order valence-electron chi connectivity index (χ2n) is 5.36. The number of carbonyl (C=O) groups is 1. The van der Waals surface area contributed by atoms with E-state index in [1.807, 2.05) is 6.08 Å². The first-order valence-electron chi connectivity index (χ1n) is 5.78. The Labute approximate surface area is 86.6 Å². The van der Waals surface area contributed by atoms with E-state index in [2.05, 4.69) is 20.8 Å². The van der Waals surface area contributed by atoms with Crippen molar-refractivity contribution in [2.45, 2.75) is 46.5 Å². The molecule has 0 aromatic heterocycles. The molecule has 0 aliphatic heterocycles. The van der Waals surface area contributed by atoms with Gasteiger partial charge >= 0.3 is 0 Å². The van der Waals surface area contributed by atoms with E-state index in [0.29, 0.717) is 11.2 Å². The molecule has 3 atom stereocenters. The van der Waals surface area contributed by atoms with E-state index in [0.717, 1.165) is 31.1 Å². The third kappa shape index (κ3) is 1.34. The summed E-state index contributed by atoms with van der Waals surface area (Å²) in [5, 5.41) is 0. The molecule has 1 heteroatoms. The number of carbonyl (C=O) groups excluding carboxylic acids is 1. The summed E-state index contributed by atoms with van der Waals surface area (Å²) >= 11 is 0. The van der Waals surface area contributed by atoms with E-state index in [1.165, 1.54) is 12.0 Å². The molecular weight excluding hydrogens is 172 g/mol. The van der Waals surface area contributed by atoms with Crippen LogP contribution in [0, 0.1) is 17.3 Å². The van der Waals surface area contributed by atoms with Crippen molar-refractivity contribution >= 4 is 5.78 Å². The monoisotopic (exact) mass is 192 g/mol. The average Bonchev–Trinajstić information content (AvgIpc) is 2.16. The predicted octanol–water partition coefficient (Wildman–Crippen LogP) is 3.35. The molecule has 0 amide bonds. The van der Waals surface area contributed by atoms with Crippen molar-refractivity contribution in [2.75, 3.05) is 0 Å². The number of hydrogen-bond acceptors (Lipinski definition) is 1. The van der Waals surface area contributed by atoms with Crippen LogP contribution < -0.4 is 0 Å². The third-order valence-electron chi connectivity index (χ3n) is 4.69. The maximum atomic E-state index is 11.4. The highest BCUT2D eigenvalue weighted by Gasteiger charge is 2.42. The van der Waals surface area contributed by atoms with Crippen molar-refractivity contribution in [1.82, 2.24) is 0 Å². The quantitative estimate of drug-likeness (QED) is 0.575. The second-order valence-corrected chi connectivity index (χ2v) is 5.36. The van der Waals surface area contributed by atoms with Gasteiger partial charge in [0.2, 0.25) is 0 Å². The first-order valence-corrected chi connectivity index (χ1v) is 5.78. The fourth-order valence-corrected chi connectivity index (χ4v) is 3.11. The summed E-state index contributed by atoms with van der Waals surface area (Å²) in [6.07, 6.45) is 6.18. The van der Waals surface area contributed by atoms with Crippen LogP contribution in [-0.4, -0.2) is 5.78 Å². The minimum absolute atomic E-state index is 0.325. The Balaban J connectivity index is 2.34. The maximum absolute atomic E-state index is 11.4. The fourth-order valence-electron chi connectivity index (χ4n) is 3.11. The maximum Gasteiger partial charge on any atom is 0.155 e. The number of rotatable bonds is 0. The molecule has 1 nitrogen and oxygen atoms in total. The molecule has 1 fully saturated rings. The Morgan fingerprint density at radius 3 is 2.79 bits per heavy atom. The first kappa shape index (κ1) is 9.95. The summed E-state index contributed by atoms with van der Waals surface area (Å²) in [5.41, 5.74) is 1.75. The van der Waals surface area contributed by atoms with Gasteiger partial charge < -0.3 is 0 Å². The summed E-state index contributed by atoms with van der Waals surface area (Å²) in [5.74, 6) is 1.89. The Morgan fingerprint density at radius 1 is 1.36 bits per heavy atom. The highest BCUT2D eigenvalue weighted by Crippen LogP contribution is 2.51. The van der Waals surface area contributed by atoms with Gasteiger partial charge in [0, 0.05) is 6.42 Å². The summed E-state index contributed by atoms with van der Waals surface area (Å²) in [6.45, 7) is 7.06. The average molecular weight is 192 g/mol. The van der Waals surface area contributed by atoms with Gasteiger partial charge in [-0.15, -0.1) is 0 Å². The number of ketones is 1. The van der Waals surface area contributed by atoms with Crippen molar-refractivity contribution in [1.29, 1.82) is 0 Å². The molecule has 0 N–H and O–H groups in total. The molecule has 14 heavy (non-hydrogen) atoms. The van der Waals surface area contributed by atoms with E-state index in [4.69, 9.17) is 0 Å². The minimum atomic E-state index is 0.325. The third-order valence-corrected chi connectivity index (χ3v) is 4.69.